The number of rotatable bonds is 7. The molecular weight excluding hydrogens is 376 g/mol. The van der Waals surface area contributed by atoms with Gasteiger partial charge in [-0.25, -0.2) is 0 Å². The third-order valence-corrected chi connectivity index (χ3v) is 5.00. The summed E-state index contributed by atoms with van der Waals surface area (Å²) in [6.07, 6.45) is 3.18. The van der Waals surface area contributed by atoms with Gasteiger partial charge in [-0.2, -0.15) is 0 Å². The average molecular weight is 394 g/mol. The van der Waals surface area contributed by atoms with E-state index in [1.807, 2.05) is 54.0 Å². The van der Waals surface area contributed by atoms with Crippen molar-refractivity contribution in [3.05, 3.63) is 72.9 Å². The molecule has 4 rings (SSSR count). The smallest absolute Gasteiger partial charge is 0.231 e. The molecule has 3 aromatic heterocycles. The monoisotopic (exact) mass is 394 g/mol. The van der Waals surface area contributed by atoms with E-state index in [0.29, 0.717) is 22.5 Å². The molecule has 142 valence electrons. The second-order valence-corrected chi connectivity index (χ2v) is 6.99. The van der Waals surface area contributed by atoms with Crippen molar-refractivity contribution in [3.8, 4) is 17.3 Å². The number of benzene rings is 1. The van der Waals surface area contributed by atoms with E-state index < -0.39 is 0 Å². The minimum absolute atomic E-state index is 0.115. The highest BCUT2D eigenvalue weighted by Gasteiger charge is 2.19. The third-order valence-electron chi connectivity index (χ3n) is 4.07. The summed E-state index contributed by atoms with van der Waals surface area (Å²) < 4.78 is 12.7. The molecule has 0 aliphatic heterocycles. The molecular formula is C20H18N4O3S. The standard InChI is InChI=1S/C20H18N4O3S/c1-14(16-9-5-11-26-16)21-18(25)13-28-20-23-22-19(17-10-6-12-27-17)24(20)15-7-3-2-4-8-15/h2-12,14H,13H2,1H3,(H,21,25). The number of amides is 1. The van der Waals surface area contributed by atoms with Crippen LogP contribution in [0.3, 0.4) is 0 Å². The molecule has 0 aliphatic rings. The molecule has 0 saturated carbocycles. The van der Waals surface area contributed by atoms with Crippen molar-refractivity contribution < 1.29 is 13.6 Å². The molecule has 1 atom stereocenters. The highest BCUT2D eigenvalue weighted by molar-refractivity contribution is 7.99. The highest BCUT2D eigenvalue weighted by Crippen LogP contribution is 2.28. The maximum Gasteiger partial charge on any atom is 0.231 e. The molecule has 3 heterocycles. The van der Waals surface area contributed by atoms with Gasteiger partial charge in [0.15, 0.2) is 10.9 Å². The van der Waals surface area contributed by atoms with Crippen LogP contribution in [0.2, 0.25) is 0 Å². The van der Waals surface area contributed by atoms with Crippen molar-refractivity contribution in [1.29, 1.82) is 0 Å². The Hall–Kier alpha value is -3.26. The van der Waals surface area contributed by atoms with E-state index in [2.05, 4.69) is 15.5 Å². The fraction of sp³-hybridized carbons (Fsp3) is 0.150. The number of carbonyl (C=O) groups excluding carboxylic acids is 1. The van der Waals surface area contributed by atoms with Crippen LogP contribution in [0.5, 0.6) is 0 Å². The Labute approximate surface area is 165 Å². The van der Waals surface area contributed by atoms with Crippen LogP contribution < -0.4 is 5.32 Å². The number of nitrogens with zero attached hydrogens (tertiary/aromatic N) is 3. The van der Waals surface area contributed by atoms with Gasteiger partial charge in [-0.15, -0.1) is 10.2 Å². The number of carbonyl (C=O) groups is 1. The molecule has 0 spiro atoms. The molecule has 1 unspecified atom stereocenters. The van der Waals surface area contributed by atoms with Crippen molar-refractivity contribution in [2.24, 2.45) is 0 Å². The summed E-state index contributed by atoms with van der Waals surface area (Å²) in [7, 11) is 0. The molecule has 0 aliphatic carbocycles. The summed E-state index contributed by atoms with van der Waals surface area (Å²) >= 11 is 1.31. The van der Waals surface area contributed by atoms with E-state index in [1.165, 1.54) is 11.8 Å². The summed E-state index contributed by atoms with van der Waals surface area (Å²) in [5.74, 6) is 2.00. The number of nitrogens with one attached hydrogen (secondary N) is 1. The Kier molecular flexibility index (Phi) is 5.29. The predicted molar refractivity (Wildman–Crippen MR) is 105 cm³/mol. The summed E-state index contributed by atoms with van der Waals surface area (Å²) in [5.41, 5.74) is 0.894. The van der Waals surface area contributed by atoms with Crippen molar-refractivity contribution in [3.63, 3.8) is 0 Å². The second kappa shape index (κ2) is 8.18. The van der Waals surface area contributed by atoms with Gasteiger partial charge in [0.1, 0.15) is 5.76 Å². The van der Waals surface area contributed by atoms with E-state index >= 15 is 0 Å². The normalized spacial score (nSPS) is 12.0. The second-order valence-electron chi connectivity index (χ2n) is 6.05. The Balaban J connectivity index is 1.52. The summed E-state index contributed by atoms with van der Waals surface area (Å²) in [5, 5.41) is 12.1. The molecule has 8 heteroatoms. The minimum atomic E-state index is -0.200. The van der Waals surface area contributed by atoms with Crippen LogP contribution in [0.1, 0.15) is 18.7 Å². The molecule has 0 radical (unpaired) electrons. The molecule has 0 fully saturated rings. The molecule has 1 amide bonds. The van der Waals surface area contributed by atoms with Gasteiger partial charge in [0.2, 0.25) is 11.7 Å². The zero-order valence-corrected chi connectivity index (χ0v) is 15.9. The number of thioether (sulfide) groups is 1. The summed E-state index contributed by atoms with van der Waals surface area (Å²) in [4.78, 5) is 12.4. The van der Waals surface area contributed by atoms with E-state index in [0.717, 1.165) is 5.69 Å². The molecule has 7 nitrogen and oxygen atoms in total. The van der Waals surface area contributed by atoms with Gasteiger partial charge in [-0.05, 0) is 43.3 Å². The lowest BCUT2D eigenvalue weighted by atomic mass is 10.2. The fourth-order valence-corrected chi connectivity index (χ4v) is 3.52. The zero-order valence-electron chi connectivity index (χ0n) is 15.1. The lowest BCUT2D eigenvalue weighted by Crippen LogP contribution is -2.28. The quantitative estimate of drug-likeness (QED) is 0.475. The van der Waals surface area contributed by atoms with Crippen molar-refractivity contribution in [2.45, 2.75) is 18.1 Å². The SMILES string of the molecule is CC(NC(=O)CSc1nnc(-c2ccco2)n1-c1ccccc1)c1ccco1. The Morgan fingerprint density at radius 3 is 2.57 bits per heavy atom. The first-order chi connectivity index (χ1) is 13.7. The van der Waals surface area contributed by atoms with Crippen molar-refractivity contribution in [1.82, 2.24) is 20.1 Å². The summed E-state index contributed by atoms with van der Waals surface area (Å²) in [6, 6.07) is 16.8. The highest BCUT2D eigenvalue weighted by atomic mass is 32.2. The zero-order chi connectivity index (χ0) is 19.3. The fourth-order valence-electron chi connectivity index (χ4n) is 2.76. The van der Waals surface area contributed by atoms with Crippen LogP contribution in [0.4, 0.5) is 0 Å². The van der Waals surface area contributed by atoms with Crippen LogP contribution in [-0.4, -0.2) is 26.4 Å². The van der Waals surface area contributed by atoms with Gasteiger partial charge in [-0.3, -0.25) is 9.36 Å². The predicted octanol–water partition coefficient (Wildman–Crippen LogP) is 4.09. The third kappa shape index (κ3) is 3.86. The first-order valence-corrected chi connectivity index (χ1v) is 9.71. The molecule has 0 saturated heterocycles. The largest absolute Gasteiger partial charge is 0.467 e. The van der Waals surface area contributed by atoms with Gasteiger partial charge in [0.25, 0.3) is 0 Å². The van der Waals surface area contributed by atoms with Crippen LogP contribution in [0, 0.1) is 0 Å². The first-order valence-electron chi connectivity index (χ1n) is 8.72. The lowest BCUT2D eigenvalue weighted by Gasteiger charge is -2.12. The first kappa shape index (κ1) is 18.1. The average Bonchev–Trinajstić information content (AvgIpc) is 3.48. The minimum Gasteiger partial charge on any atom is -0.467 e. The number of hydrogen-bond acceptors (Lipinski definition) is 6. The van der Waals surface area contributed by atoms with Crippen LogP contribution in [-0.2, 0) is 4.79 Å². The number of aromatic nitrogens is 3. The molecule has 1 N–H and O–H groups in total. The molecule has 4 aromatic rings. The van der Waals surface area contributed by atoms with Crippen LogP contribution >= 0.6 is 11.8 Å². The molecule has 1 aromatic carbocycles. The van der Waals surface area contributed by atoms with E-state index in [4.69, 9.17) is 8.83 Å². The van der Waals surface area contributed by atoms with E-state index in [9.17, 15) is 4.79 Å². The van der Waals surface area contributed by atoms with Crippen LogP contribution in [0.15, 0.2) is 81.1 Å². The number of furan rings is 2. The Morgan fingerprint density at radius 2 is 1.86 bits per heavy atom. The Morgan fingerprint density at radius 1 is 1.07 bits per heavy atom. The Bertz CT molecular complexity index is 1030. The van der Waals surface area contributed by atoms with Gasteiger partial charge in [0, 0.05) is 5.69 Å². The summed E-state index contributed by atoms with van der Waals surface area (Å²) in [6.45, 7) is 1.88. The number of hydrogen-bond donors (Lipinski definition) is 1. The van der Waals surface area contributed by atoms with Crippen molar-refractivity contribution >= 4 is 17.7 Å². The lowest BCUT2D eigenvalue weighted by molar-refractivity contribution is -0.119. The topological polar surface area (TPSA) is 86.1 Å². The van der Waals surface area contributed by atoms with Gasteiger partial charge < -0.3 is 14.2 Å². The van der Waals surface area contributed by atoms with Crippen molar-refractivity contribution in [2.75, 3.05) is 5.75 Å². The van der Waals surface area contributed by atoms with Gasteiger partial charge >= 0.3 is 0 Å². The number of para-hydroxylation sites is 1. The van der Waals surface area contributed by atoms with E-state index in [-0.39, 0.29) is 17.7 Å². The maximum atomic E-state index is 12.4. The maximum absolute atomic E-state index is 12.4. The van der Waals surface area contributed by atoms with Gasteiger partial charge in [0.05, 0.1) is 24.3 Å². The molecule has 28 heavy (non-hydrogen) atoms. The van der Waals surface area contributed by atoms with E-state index in [1.54, 1.807) is 24.7 Å². The van der Waals surface area contributed by atoms with Gasteiger partial charge in [-0.1, -0.05) is 30.0 Å². The van der Waals surface area contributed by atoms with Crippen LogP contribution in [0.25, 0.3) is 17.3 Å². The molecule has 0 bridgehead atoms.